The average Bonchev–Trinajstić information content (AvgIpc) is 2.60. The molecule has 25 heavy (non-hydrogen) atoms. The smallest absolute Gasteiger partial charge is 0.326 e. The van der Waals surface area contributed by atoms with E-state index in [-0.39, 0.29) is 24.9 Å². The van der Waals surface area contributed by atoms with E-state index in [1.807, 2.05) is 13.8 Å². The van der Waals surface area contributed by atoms with Gasteiger partial charge < -0.3 is 26.8 Å². The van der Waals surface area contributed by atoms with Crippen LogP contribution in [0.2, 0.25) is 0 Å². The summed E-state index contributed by atoms with van der Waals surface area (Å²) >= 11 is 0. The number of carboxylic acid groups (broad SMARTS) is 1. The molecule has 0 aliphatic carbocycles. The van der Waals surface area contributed by atoms with E-state index in [2.05, 4.69) is 16.0 Å². The quantitative estimate of drug-likeness (QED) is 0.326. The molecule has 4 atom stereocenters. The number of amides is 3. The molecule has 0 rings (SSSR count). The molecule has 3 amide bonds. The number of carbonyl (C=O) groups is 4. The highest BCUT2D eigenvalue weighted by atomic mass is 16.4. The predicted molar refractivity (Wildman–Crippen MR) is 92.5 cm³/mol. The fourth-order valence-electron chi connectivity index (χ4n) is 2.12. The summed E-state index contributed by atoms with van der Waals surface area (Å²) < 4.78 is 0. The Kier molecular flexibility index (Phi) is 10.4. The van der Waals surface area contributed by atoms with E-state index in [1.54, 1.807) is 13.8 Å². The van der Waals surface area contributed by atoms with Gasteiger partial charge >= 0.3 is 5.97 Å². The highest BCUT2D eigenvalue weighted by Crippen LogP contribution is 2.09. The number of carbonyl (C=O) groups excluding carboxylic acids is 3. The molecule has 0 heterocycles. The molecule has 4 unspecified atom stereocenters. The van der Waals surface area contributed by atoms with Crippen molar-refractivity contribution in [2.24, 2.45) is 17.6 Å². The average molecular weight is 358 g/mol. The topological polar surface area (TPSA) is 151 Å². The van der Waals surface area contributed by atoms with Gasteiger partial charge in [-0.1, -0.05) is 40.5 Å². The summed E-state index contributed by atoms with van der Waals surface area (Å²) in [7, 11) is 0. The molecule has 0 aromatic carbocycles. The molecule has 144 valence electrons. The first-order valence-electron chi connectivity index (χ1n) is 8.47. The van der Waals surface area contributed by atoms with Crippen LogP contribution in [-0.4, -0.2) is 54.0 Å². The van der Waals surface area contributed by atoms with Crippen LogP contribution in [-0.2, 0) is 19.2 Å². The minimum absolute atomic E-state index is 0.148. The van der Waals surface area contributed by atoms with Gasteiger partial charge in [0.1, 0.15) is 12.1 Å². The minimum Gasteiger partial charge on any atom is -0.480 e. The van der Waals surface area contributed by atoms with Gasteiger partial charge in [-0.2, -0.15) is 0 Å². The predicted octanol–water partition coefficient (Wildman–Crippen LogP) is -0.792. The van der Waals surface area contributed by atoms with Crippen LogP contribution in [0.25, 0.3) is 0 Å². The standard InChI is InChI=1S/C16H30N4O5/c1-5-9(3)13(19-11(21)7-17)15(23)18-8-12(22)20-14(16(24)25)10(4)6-2/h9-10,13-14H,5-8,17H2,1-4H3,(H,18,23)(H,19,21)(H,20,22)(H,24,25). The van der Waals surface area contributed by atoms with Crippen molar-refractivity contribution in [3.8, 4) is 0 Å². The van der Waals surface area contributed by atoms with Crippen molar-refractivity contribution in [3.05, 3.63) is 0 Å². The van der Waals surface area contributed by atoms with Crippen molar-refractivity contribution in [1.82, 2.24) is 16.0 Å². The number of rotatable bonds is 11. The normalized spacial score (nSPS) is 15.4. The van der Waals surface area contributed by atoms with Crippen LogP contribution in [0.5, 0.6) is 0 Å². The van der Waals surface area contributed by atoms with E-state index in [4.69, 9.17) is 10.8 Å². The first-order valence-corrected chi connectivity index (χ1v) is 8.47. The first kappa shape index (κ1) is 22.8. The molecule has 0 radical (unpaired) electrons. The number of nitrogens with one attached hydrogen (secondary N) is 3. The molecule has 0 aliphatic heterocycles. The fraction of sp³-hybridized carbons (Fsp3) is 0.750. The van der Waals surface area contributed by atoms with Crippen LogP contribution in [0.3, 0.4) is 0 Å². The van der Waals surface area contributed by atoms with E-state index in [1.165, 1.54) is 0 Å². The van der Waals surface area contributed by atoms with Crippen LogP contribution in [0.4, 0.5) is 0 Å². The number of hydrogen-bond acceptors (Lipinski definition) is 5. The summed E-state index contributed by atoms with van der Waals surface area (Å²) in [5, 5.41) is 16.5. The lowest BCUT2D eigenvalue weighted by Gasteiger charge is -2.24. The van der Waals surface area contributed by atoms with Crippen LogP contribution >= 0.6 is 0 Å². The third-order valence-corrected chi connectivity index (χ3v) is 4.22. The number of aliphatic carboxylic acids is 1. The van der Waals surface area contributed by atoms with Gasteiger partial charge in [0.2, 0.25) is 17.7 Å². The third kappa shape index (κ3) is 7.97. The summed E-state index contributed by atoms with van der Waals surface area (Å²) in [6, 6.07) is -1.82. The van der Waals surface area contributed by atoms with Gasteiger partial charge in [-0.05, 0) is 11.8 Å². The second-order valence-electron chi connectivity index (χ2n) is 6.12. The lowest BCUT2D eigenvalue weighted by molar-refractivity contribution is -0.143. The maximum absolute atomic E-state index is 12.2. The second-order valence-corrected chi connectivity index (χ2v) is 6.12. The number of hydrogen-bond donors (Lipinski definition) is 5. The lowest BCUT2D eigenvalue weighted by Crippen LogP contribution is -2.54. The van der Waals surface area contributed by atoms with Crippen LogP contribution in [0.1, 0.15) is 40.5 Å². The van der Waals surface area contributed by atoms with Gasteiger partial charge in [-0.25, -0.2) is 4.79 Å². The molecule has 0 aromatic rings. The van der Waals surface area contributed by atoms with Gasteiger partial charge in [-0.15, -0.1) is 0 Å². The van der Waals surface area contributed by atoms with Crippen LogP contribution in [0, 0.1) is 11.8 Å². The van der Waals surface area contributed by atoms with Crippen LogP contribution < -0.4 is 21.7 Å². The summed E-state index contributed by atoms with van der Waals surface area (Å²) in [5.41, 5.74) is 5.25. The van der Waals surface area contributed by atoms with Crippen molar-refractivity contribution >= 4 is 23.7 Å². The molecule has 0 saturated heterocycles. The molecule has 0 fully saturated rings. The third-order valence-electron chi connectivity index (χ3n) is 4.22. The largest absolute Gasteiger partial charge is 0.480 e. The Bertz CT molecular complexity index is 483. The van der Waals surface area contributed by atoms with E-state index >= 15 is 0 Å². The second kappa shape index (κ2) is 11.4. The van der Waals surface area contributed by atoms with Gasteiger partial charge in [0, 0.05) is 0 Å². The van der Waals surface area contributed by atoms with Crippen molar-refractivity contribution in [3.63, 3.8) is 0 Å². The maximum Gasteiger partial charge on any atom is 0.326 e. The summed E-state index contributed by atoms with van der Waals surface area (Å²) in [6.07, 6.45) is 1.23. The molecule has 6 N–H and O–H groups in total. The number of carboxylic acids is 1. The maximum atomic E-state index is 12.2. The Hall–Kier alpha value is -2.16. The van der Waals surface area contributed by atoms with Gasteiger partial charge in [0.15, 0.2) is 0 Å². The molecular weight excluding hydrogens is 328 g/mol. The molecule has 0 bridgehead atoms. The Labute approximate surface area is 148 Å². The Morgan fingerprint density at radius 3 is 1.84 bits per heavy atom. The Balaban J connectivity index is 4.73. The lowest BCUT2D eigenvalue weighted by atomic mass is 9.98. The highest BCUT2D eigenvalue weighted by molar-refractivity contribution is 5.92. The molecule has 0 spiro atoms. The van der Waals surface area contributed by atoms with E-state index < -0.39 is 35.8 Å². The summed E-state index contributed by atoms with van der Waals surface area (Å²) in [4.78, 5) is 46.8. The van der Waals surface area contributed by atoms with Crippen molar-refractivity contribution in [2.45, 2.75) is 52.6 Å². The molecule has 0 aromatic heterocycles. The Morgan fingerprint density at radius 1 is 0.920 bits per heavy atom. The van der Waals surface area contributed by atoms with Crippen LogP contribution in [0.15, 0.2) is 0 Å². The molecular formula is C16H30N4O5. The molecule has 0 saturated carbocycles. The molecule has 0 aliphatic rings. The van der Waals surface area contributed by atoms with E-state index in [9.17, 15) is 19.2 Å². The SMILES string of the molecule is CCC(C)C(NC(=O)CNC(=O)C(NC(=O)CN)C(C)CC)C(=O)O. The Morgan fingerprint density at radius 2 is 1.40 bits per heavy atom. The summed E-state index contributed by atoms with van der Waals surface area (Å²) in [5.74, 6) is -3.09. The van der Waals surface area contributed by atoms with Crippen molar-refractivity contribution < 1.29 is 24.3 Å². The zero-order valence-electron chi connectivity index (χ0n) is 15.3. The fourth-order valence-corrected chi connectivity index (χ4v) is 2.12. The zero-order valence-corrected chi connectivity index (χ0v) is 15.3. The molecule has 9 nitrogen and oxygen atoms in total. The van der Waals surface area contributed by atoms with Crippen molar-refractivity contribution in [2.75, 3.05) is 13.1 Å². The van der Waals surface area contributed by atoms with Gasteiger partial charge in [-0.3, -0.25) is 14.4 Å². The van der Waals surface area contributed by atoms with Gasteiger partial charge in [0.25, 0.3) is 0 Å². The first-order chi connectivity index (χ1) is 11.7. The number of nitrogens with two attached hydrogens (primary N) is 1. The molecule has 9 heteroatoms. The van der Waals surface area contributed by atoms with Gasteiger partial charge in [0.05, 0.1) is 13.1 Å². The van der Waals surface area contributed by atoms with E-state index in [0.29, 0.717) is 12.8 Å². The zero-order chi connectivity index (χ0) is 19.6. The summed E-state index contributed by atoms with van der Waals surface area (Å²) in [6.45, 7) is 6.60. The highest BCUT2D eigenvalue weighted by Gasteiger charge is 2.28. The monoisotopic (exact) mass is 358 g/mol. The van der Waals surface area contributed by atoms with Crippen molar-refractivity contribution in [1.29, 1.82) is 0 Å². The van der Waals surface area contributed by atoms with E-state index in [0.717, 1.165) is 0 Å². The minimum atomic E-state index is -1.12.